The van der Waals surface area contributed by atoms with Crippen LogP contribution in [0.5, 0.6) is 0 Å². The maximum atomic E-state index is 12.4. The average Bonchev–Trinajstić information content (AvgIpc) is 2.68. The summed E-state index contributed by atoms with van der Waals surface area (Å²) in [6.07, 6.45) is -0.203. The van der Waals surface area contributed by atoms with Crippen LogP contribution in [0, 0.1) is 0 Å². The van der Waals surface area contributed by atoms with Crippen LogP contribution in [0.1, 0.15) is 23.7 Å². The Morgan fingerprint density at radius 2 is 1.68 bits per heavy atom. The number of piperazine rings is 1. The highest BCUT2D eigenvalue weighted by molar-refractivity contribution is 6.30. The Morgan fingerprint density at radius 1 is 1.00 bits per heavy atom. The molecule has 0 radical (unpaired) electrons. The van der Waals surface area contributed by atoms with Crippen molar-refractivity contribution in [3.8, 4) is 0 Å². The SMILES string of the molecule is CC(=O)c1ccc(NC(=O)CC(=O)N2CCN(c3cccc(Cl)c3)CC2)cc1. The first-order valence-corrected chi connectivity index (χ1v) is 9.49. The molecule has 2 aromatic carbocycles. The van der Waals surface area contributed by atoms with E-state index < -0.39 is 0 Å². The molecule has 2 amide bonds. The van der Waals surface area contributed by atoms with E-state index in [-0.39, 0.29) is 24.0 Å². The Morgan fingerprint density at radius 3 is 2.29 bits per heavy atom. The molecule has 7 heteroatoms. The summed E-state index contributed by atoms with van der Waals surface area (Å²) in [7, 11) is 0. The molecule has 1 saturated heterocycles. The number of halogens is 1. The lowest BCUT2D eigenvalue weighted by Crippen LogP contribution is -2.49. The van der Waals surface area contributed by atoms with E-state index in [1.807, 2.05) is 24.3 Å². The molecule has 1 aliphatic heterocycles. The van der Waals surface area contributed by atoms with E-state index in [4.69, 9.17) is 11.6 Å². The summed E-state index contributed by atoms with van der Waals surface area (Å²) in [6, 6.07) is 14.2. The van der Waals surface area contributed by atoms with Crippen molar-refractivity contribution in [2.24, 2.45) is 0 Å². The smallest absolute Gasteiger partial charge is 0.233 e. The molecule has 1 fully saturated rings. The van der Waals surface area contributed by atoms with Crippen LogP contribution in [-0.2, 0) is 9.59 Å². The first kappa shape index (κ1) is 19.9. The van der Waals surface area contributed by atoms with Crippen molar-refractivity contribution in [1.29, 1.82) is 0 Å². The minimum Gasteiger partial charge on any atom is -0.368 e. The number of carbonyl (C=O) groups excluding carboxylic acids is 3. The number of anilines is 2. The lowest BCUT2D eigenvalue weighted by Gasteiger charge is -2.36. The highest BCUT2D eigenvalue weighted by Gasteiger charge is 2.23. The number of Topliss-reactive ketones (excluding diaryl/α,β-unsaturated/α-hetero) is 1. The highest BCUT2D eigenvalue weighted by Crippen LogP contribution is 2.21. The highest BCUT2D eigenvalue weighted by atomic mass is 35.5. The molecule has 146 valence electrons. The van der Waals surface area contributed by atoms with Gasteiger partial charge in [-0.15, -0.1) is 0 Å². The van der Waals surface area contributed by atoms with Gasteiger partial charge in [-0.2, -0.15) is 0 Å². The first-order chi connectivity index (χ1) is 13.4. The molecule has 28 heavy (non-hydrogen) atoms. The zero-order chi connectivity index (χ0) is 20.1. The zero-order valence-corrected chi connectivity index (χ0v) is 16.4. The summed E-state index contributed by atoms with van der Waals surface area (Å²) in [5.41, 5.74) is 2.17. The van der Waals surface area contributed by atoms with Gasteiger partial charge in [-0.05, 0) is 49.4 Å². The Hall–Kier alpha value is -2.86. The van der Waals surface area contributed by atoms with Crippen molar-refractivity contribution < 1.29 is 14.4 Å². The predicted molar refractivity (Wildman–Crippen MR) is 110 cm³/mol. The molecule has 1 aliphatic rings. The molecule has 2 aromatic rings. The zero-order valence-electron chi connectivity index (χ0n) is 15.7. The Bertz CT molecular complexity index is 875. The van der Waals surface area contributed by atoms with Crippen LogP contribution in [0.2, 0.25) is 5.02 Å². The molecular weight excluding hydrogens is 378 g/mol. The summed E-state index contributed by atoms with van der Waals surface area (Å²) in [6.45, 7) is 4.00. The van der Waals surface area contributed by atoms with Crippen molar-refractivity contribution in [3.05, 3.63) is 59.1 Å². The Kier molecular flexibility index (Phi) is 6.31. The van der Waals surface area contributed by atoms with Crippen LogP contribution in [0.4, 0.5) is 11.4 Å². The van der Waals surface area contributed by atoms with Crippen molar-refractivity contribution in [2.75, 3.05) is 36.4 Å². The van der Waals surface area contributed by atoms with Gasteiger partial charge in [-0.3, -0.25) is 14.4 Å². The number of nitrogens with one attached hydrogen (secondary N) is 1. The number of hydrogen-bond acceptors (Lipinski definition) is 4. The molecule has 0 bridgehead atoms. The van der Waals surface area contributed by atoms with Gasteiger partial charge in [0.15, 0.2) is 5.78 Å². The second-order valence-electron chi connectivity index (χ2n) is 6.71. The van der Waals surface area contributed by atoms with Crippen molar-refractivity contribution in [1.82, 2.24) is 4.90 Å². The molecule has 0 unspecified atom stereocenters. The summed E-state index contributed by atoms with van der Waals surface area (Å²) >= 11 is 6.04. The van der Waals surface area contributed by atoms with E-state index >= 15 is 0 Å². The fourth-order valence-corrected chi connectivity index (χ4v) is 3.31. The summed E-state index contributed by atoms with van der Waals surface area (Å²) in [5, 5.41) is 3.38. The molecule has 0 spiro atoms. The monoisotopic (exact) mass is 399 g/mol. The normalized spacial score (nSPS) is 13.9. The van der Waals surface area contributed by atoms with Crippen LogP contribution < -0.4 is 10.2 Å². The average molecular weight is 400 g/mol. The van der Waals surface area contributed by atoms with Gasteiger partial charge in [0.2, 0.25) is 11.8 Å². The minimum atomic E-state index is -0.363. The minimum absolute atomic E-state index is 0.0371. The molecule has 0 aromatic heterocycles. The van der Waals surface area contributed by atoms with Crippen molar-refractivity contribution >= 4 is 40.6 Å². The van der Waals surface area contributed by atoms with E-state index in [1.54, 1.807) is 29.2 Å². The van der Waals surface area contributed by atoms with E-state index in [1.165, 1.54) is 6.92 Å². The molecule has 1 N–H and O–H groups in total. The summed E-state index contributed by atoms with van der Waals surface area (Å²) in [4.78, 5) is 39.7. The topological polar surface area (TPSA) is 69.7 Å². The molecule has 6 nitrogen and oxygen atoms in total. The summed E-state index contributed by atoms with van der Waals surface area (Å²) < 4.78 is 0. The number of benzene rings is 2. The Balaban J connectivity index is 1.48. The second-order valence-corrected chi connectivity index (χ2v) is 7.14. The molecule has 3 rings (SSSR count). The fourth-order valence-electron chi connectivity index (χ4n) is 3.13. The molecule has 0 aliphatic carbocycles. The van der Waals surface area contributed by atoms with Gasteiger partial charge in [-0.25, -0.2) is 0 Å². The van der Waals surface area contributed by atoms with E-state index in [9.17, 15) is 14.4 Å². The standard InChI is InChI=1S/C21H22ClN3O3/c1-15(26)16-5-7-18(8-6-16)23-20(27)14-21(28)25-11-9-24(10-12-25)19-4-2-3-17(22)13-19/h2-8,13H,9-12,14H2,1H3,(H,23,27). The maximum Gasteiger partial charge on any atom is 0.233 e. The van der Waals surface area contributed by atoms with Gasteiger partial charge in [0, 0.05) is 48.1 Å². The third kappa shape index (κ3) is 5.10. The quantitative estimate of drug-likeness (QED) is 0.619. The second kappa shape index (κ2) is 8.89. The number of carbonyl (C=O) groups is 3. The van der Waals surface area contributed by atoms with Gasteiger partial charge in [-0.1, -0.05) is 17.7 Å². The largest absolute Gasteiger partial charge is 0.368 e. The van der Waals surface area contributed by atoms with Gasteiger partial charge < -0.3 is 15.1 Å². The number of nitrogens with zero attached hydrogens (tertiary/aromatic N) is 2. The van der Waals surface area contributed by atoms with Crippen LogP contribution >= 0.6 is 11.6 Å². The molecular formula is C21H22ClN3O3. The van der Waals surface area contributed by atoms with E-state index in [0.29, 0.717) is 42.5 Å². The van der Waals surface area contributed by atoms with Crippen LogP contribution in [0.15, 0.2) is 48.5 Å². The number of amides is 2. The van der Waals surface area contributed by atoms with E-state index in [2.05, 4.69) is 10.2 Å². The van der Waals surface area contributed by atoms with Crippen LogP contribution in [0.3, 0.4) is 0 Å². The number of rotatable bonds is 5. The summed E-state index contributed by atoms with van der Waals surface area (Å²) in [5.74, 6) is -0.591. The van der Waals surface area contributed by atoms with Gasteiger partial charge >= 0.3 is 0 Å². The van der Waals surface area contributed by atoms with Gasteiger partial charge in [0.25, 0.3) is 0 Å². The van der Waals surface area contributed by atoms with E-state index in [0.717, 1.165) is 5.69 Å². The van der Waals surface area contributed by atoms with Crippen molar-refractivity contribution in [2.45, 2.75) is 13.3 Å². The predicted octanol–water partition coefficient (Wildman–Crippen LogP) is 3.22. The lowest BCUT2D eigenvalue weighted by atomic mass is 10.1. The van der Waals surface area contributed by atoms with Gasteiger partial charge in [0.1, 0.15) is 6.42 Å². The third-order valence-electron chi connectivity index (χ3n) is 4.69. The fraction of sp³-hybridized carbons (Fsp3) is 0.286. The first-order valence-electron chi connectivity index (χ1n) is 9.11. The van der Waals surface area contributed by atoms with Crippen molar-refractivity contribution in [3.63, 3.8) is 0 Å². The lowest BCUT2D eigenvalue weighted by molar-refractivity contribution is -0.134. The van der Waals surface area contributed by atoms with Gasteiger partial charge in [0.05, 0.1) is 0 Å². The number of hydrogen-bond donors (Lipinski definition) is 1. The number of ketones is 1. The molecule has 0 saturated carbocycles. The molecule has 1 heterocycles. The van der Waals surface area contributed by atoms with Crippen LogP contribution in [0.25, 0.3) is 0 Å². The Labute approximate surface area is 169 Å². The maximum absolute atomic E-state index is 12.4. The molecule has 0 atom stereocenters. The van der Waals surface area contributed by atoms with Crippen LogP contribution in [-0.4, -0.2) is 48.7 Å². The third-order valence-corrected chi connectivity index (χ3v) is 4.93.